The van der Waals surface area contributed by atoms with E-state index in [-0.39, 0.29) is 41.5 Å². The van der Waals surface area contributed by atoms with Crippen molar-refractivity contribution >= 4 is 34.8 Å². The molecule has 0 N–H and O–H groups in total. The van der Waals surface area contributed by atoms with Crippen molar-refractivity contribution in [3.05, 3.63) is 207 Å². The number of para-hydroxylation sites is 2. The number of anilines is 4. The van der Waals surface area contributed by atoms with Crippen LogP contribution in [0.5, 0.6) is 0 Å². The fraction of sp³-hybridized carbons (Fsp3) is 0.104. The Balaban J connectivity index is 0.000000166. The van der Waals surface area contributed by atoms with E-state index < -0.39 is 29.9 Å². The molecule has 8 aromatic rings. The number of carbonyl (C=O) groups excluding carboxylic acids is 2. The smallest absolute Gasteiger partial charge is 0.304 e. The van der Waals surface area contributed by atoms with Crippen LogP contribution in [-0.4, -0.2) is 58.7 Å². The Bertz CT molecular complexity index is 3220. The van der Waals surface area contributed by atoms with Crippen molar-refractivity contribution in [2.24, 2.45) is 0 Å². The highest BCUT2D eigenvalue weighted by molar-refractivity contribution is 6.01. The van der Waals surface area contributed by atoms with Crippen LogP contribution in [0.15, 0.2) is 162 Å². The van der Waals surface area contributed by atoms with E-state index in [4.69, 9.17) is 4.98 Å². The van der Waals surface area contributed by atoms with Crippen LogP contribution in [0.3, 0.4) is 0 Å². The summed E-state index contributed by atoms with van der Waals surface area (Å²) >= 11 is 0. The zero-order chi connectivity index (χ0) is 45.2. The second kappa shape index (κ2) is 17.4. The fourth-order valence-electron chi connectivity index (χ4n) is 7.65. The molecule has 0 saturated carbocycles. The topological polar surface area (TPSA) is 149 Å². The number of aromatic nitrogens is 7. The molecule has 2 aliphatic rings. The molecule has 65 heavy (non-hydrogen) atoms. The summed E-state index contributed by atoms with van der Waals surface area (Å²) in [6.07, 6.45) is 4.67. The van der Waals surface area contributed by atoms with E-state index in [1.165, 1.54) is 21.6 Å². The number of pyridine rings is 3. The van der Waals surface area contributed by atoms with Crippen molar-refractivity contribution in [1.29, 1.82) is 0 Å². The number of Topliss-reactive ketones (excluding diaryl/α,β-unsaturated/α-hetero) is 2. The van der Waals surface area contributed by atoms with Crippen LogP contribution < -0.4 is 20.9 Å². The molecular weight excluding hydrogens is 843 g/mol. The van der Waals surface area contributed by atoms with Gasteiger partial charge in [0.15, 0.2) is 11.6 Å². The number of hydrogen-bond donors (Lipinski definition) is 0. The van der Waals surface area contributed by atoms with Gasteiger partial charge in [0.25, 0.3) is 11.1 Å². The minimum Gasteiger partial charge on any atom is -0.304 e. The first kappa shape index (κ1) is 41.9. The van der Waals surface area contributed by atoms with Crippen LogP contribution in [0.4, 0.5) is 40.8 Å². The van der Waals surface area contributed by atoms with Crippen LogP contribution in [-0.2, 0) is 19.3 Å². The largest absolute Gasteiger partial charge is 0.419 e. The van der Waals surface area contributed by atoms with Gasteiger partial charge in [-0.3, -0.25) is 43.3 Å². The average Bonchev–Trinajstić information content (AvgIpc) is 3.32. The molecule has 7 heterocycles. The van der Waals surface area contributed by atoms with Crippen molar-refractivity contribution in [1.82, 2.24) is 34.1 Å². The van der Waals surface area contributed by atoms with Crippen molar-refractivity contribution in [3.8, 4) is 22.5 Å². The first-order valence-electron chi connectivity index (χ1n) is 20.0. The van der Waals surface area contributed by atoms with E-state index in [0.717, 1.165) is 28.4 Å². The van der Waals surface area contributed by atoms with E-state index in [0.29, 0.717) is 52.8 Å². The van der Waals surface area contributed by atoms with Gasteiger partial charge < -0.3 is 9.80 Å². The second-order valence-electron chi connectivity index (χ2n) is 14.9. The van der Waals surface area contributed by atoms with Crippen LogP contribution in [0.25, 0.3) is 22.5 Å². The van der Waals surface area contributed by atoms with Crippen LogP contribution >= 0.6 is 0 Å². The third kappa shape index (κ3) is 8.54. The maximum atomic E-state index is 13.7. The van der Waals surface area contributed by atoms with Gasteiger partial charge in [-0.25, -0.2) is 14.4 Å². The number of alkyl halides is 3. The number of rotatable bonds is 8. The first-order chi connectivity index (χ1) is 31.4. The maximum Gasteiger partial charge on any atom is 0.419 e. The lowest BCUT2D eigenvalue weighted by Gasteiger charge is -2.32. The van der Waals surface area contributed by atoms with Gasteiger partial charge >= 0.3 is 6.18 Å². The van der Waals surface area contributed by atoms with Gasteiger partial charge in [0.05, 0.1) is 43.1 Å². The Morgan fingerprint density at radius 2 is 0.969 bits per heavy atom. The molecule has 17 heteroatoms. The van der Waals surface area contributed by atoms with Crippen molar-refractivity contribution in [2.45, 2.75) is 19.3 Å². The van der Waals surface area contributed by atoms with Gasteiger partial charge in [0, 0.05) is 82.9 Å². The highest BCUT2D eigenvalue weighted by Crippen LogP contribution is 2.36. The van der Waals surface area contributed by atoms with E-state index in [1.54, 1.807) is 90.3 Å². The molecule has 0 radical (unpaired) electrons. The van der Waals surface area contributed by atoms with E-state index >= 15 is 0 Å². The summed E-state index contributed by atoms with van der Waals surface area (Å²) in [4.78, 5) is 76.7. The molecule has 0 aliphatic carbocycles. The Hall–Kier alpha value is -8.47. The zero-order valence-electron chi connectivity index (χ0n) is 33.9. The van der Waals surface area contributed by atoms with Crippen LogP contribution in [0.1, 0.15) is 37.4 Å². The SMILES string of the molecule is O=C(CN1c2ccccc2Cn2c1nc(-c1ccncc1)cc2=O)c1ccc(F)c(C(F)(F)F)c1.O=C(CN1c2ccccc2Cn2c1nc(-c1ccncc1)cc2=O)c1ccncc1. The molecule has 2 aliphatic heterocycles. The molecular formula is C48H33F4N9O4. The monoisotopic (exact) mass is 875 g/mol. The molecule has 3 aromatic carbocycles. The summed E-state index contributed by atoms with van der Waals surface area (Å²) in [6.45, 7) is 0.279. The number of fused-ring (bicyclic) bond motifs is 4. The van der Waals surface area contributed by atoms with Gasteiger partial charge in [-0.05, 0) is 77.9 Å². The number of nitrogens with zero attached hydrogens (tertiary/aromatic N) is 9. The molecule has 0 amide bonds. The lowest BCUT2D eigenvalue weighted by molar-refractivity contribution is -0.140. The van der Waals surface area contributed by atoms with Crippen molar-refractivity contribution in [2.75, 3.05) is 22.9 Å². The van der Waals surface area contributed by atoms with Gasteiger partial charge in [0.2, 0.25) is 11.9 Å². The predicted molar refractivity (Wildman–Crippen MR) is 233 cm³/mol. The third-order valence-corrected chi connectivity index (χ3v) is 10.8. The van der Waals surface area contributed by atoms with E-state index in [2.05, 4.69) is 19.9 Å². The molecule has 0 bridgehead atoms. The summed E-state index contributed by atoms with van der Waals surface area (Å²) in [5, 5.41) is 0. The van der Waals surface area contributed by atoms with Gasteiger partial charge in [0.1, 0.15) is 5.82 Å². The number of ketones is 2. The second-order valence-corrected chi connectivity index (χ2v) is 14.9. The minimum absolute atomic E-state index is 0.0628. The lowest BCUT2D eigenvalue weighted by Crippen LogP contribution is -2.37. The summed E-state index contributed by atoms with van der Waals surface area (Å²) in [7, 11) is 0. The number of carbonyl (C=O) groups is 2. The first-order valence-corrected chi connectivity index (χ1v) is 20.0. The van der Waals surface area contributed by atoms with Gasteiger partial charge in [-0.1, -0.05) is 36.4 Å². The Morgan fingerprint density at radius 1 is 0.538 bits per heavy atom. The normalized spacial score (nSPS) is 12.5. The summed E-state index contributed by atoms with van der Waals surface area (Å²) in [5.74, 6) is -1.60. The molecule has 0 unspecified atom stereocenters. The zero-order valence-corrected chi connectivity index (χ0v) is 33.9. The molecule has 0 spiro atoms. The third-order valence-electron chi connectivity index (χ3n) is 10.8. The quantitative estimate of drug-likeness (QED) is 0.108. The fourth-order valence-corrected chi connectivity index (χ4v) is 7.65. The lowest BCUT2D eigenvalue weighted by atomic mass is 10.0. The van der Waals surface area contributed by atoms with Crippen LogP contribution in [0, 0.1) is 5.82 Å². The summed E-state index contributed by atoms with van der Waals surface area (Å²) in [6, 6.07) is 30.2. The van der Waals surface area contributed by atoms with Crippen molar-refractivity contribution in [3.63, 3.8) is 0 Å². The Kier molecular flexibility index (Phi) is 11.2. The molecule has 322 valence electrons. The maximum absolute atomic E-state index is 13.7. The predicted octanol–water partition coefficient (Wildman–Crippen LogP) is 7.93. The Morgan fingerprint density at radius 3 is 1.43 bits per heavy atom. The average molecular weight is 876 g/mol. The highest BCUT2D eigenvalue weighted by atomic mass is 19.4. The molecule has 13 nitrogen and oxygen atoms in total. The molecule has 0 fully saturated rings. The number of hydrogen-bond acceptors (Lipinski definition) is 11. The summed E-state index contributed by atoms with van der Waals surface area (Å²) in [5.41, 5.74) is 3.75. The molecule has 5 aromatic heterocycles. The van der Waals surface area contributed by atoms with E-state index in [1.807, 2.05) is 41.3 Å². The van der Waals surface area contributed by atoms with Gasteiger partial charge in [-0.2, -0.15) is 13.2 Å². The highest BCUT2D eigenvalue weighted by Gasteiger charge is 2.35. The Labute approximate surface area is 366 Å². The standard InChI is InChI=1S/C25H16F4N4O2.C23H17N5O2/c26-19-6-5-16(11-18(19)25(27,28)29)22(34)14-32-21-4-2-1-3-17(21)13-33-23(35)12-20(31-24(32)33)15-7-9-30-10-8-15;29-21(17-7-11-25-12-8-17)15-27-20-4-2-1-3-18(20)14-28-22(30)13-19(26-23(27)28)16-5-9-24-10-6-16/h1-12H,13-14H2;1-13H,14-15H2. The van der Waals surface area contributed by atoms with Gasteiger partial charge in [-0.15, -0.1) is 0 Å². The minimum atomic E-state index is -4.95. The van der Waals surface area contributed by atoms with Crippen molar-refractivity contribution < 1.29 is 27.2 Å². The van der Waals surface area contributed by atoms with Crippen LogP contribution in [0.2, 0.25) is 0 Å². The number of benzene rings is 3. The number of halogens is 4. The molecule has 0 saturated heterocycles. The van der Waals surface area contributed by atoms with E-state index in [9.17, 15) is 36.7 Å². The molecule has 10 rings (SSSR count). The summed E-state index contributed by atoms with van der Waals surface area (Å²) < 4.78 is 56.3. The molecule has 0 atom stereocenters.